The SMILES string of the molecule is CC(O)CC(C)CNC(=O)c1ccc(S2(C)c3ccccc3-c3ccccc32)cc1. The van der Waals surface area contributed by atoms with E-state index in [1.165, 1.54) is 25.8 Å². The molecule has 2 unspecified atom stereocenters. The van der Waals surface area contributed by atoms with Crippen molar-refractivity contribution in [2.45, 2.75) is 41.1 Å². The number of aliphatic hydroxyl groups excluding tert-OH is 1. The first kappa shape index (κ1) is 20.7. The summed E-state index contributed by atoms with van der Waals surface area (Å²) in [4.78, 5) is 16.6. The van der Waals surface area contributed by atoms with Crippen LogP contribution < -0.4 is 5.32 Å². The molecular formula is C26H29NO2S. The standard InChI is InChI=1S/C26H29NO2S/c1-18(16-19(2)28)17-27-26(29)20-12-14-21(15-13-20)30(3)24-10-6-4-8-22(24)23-9-5-7-11-25(23)30/h4-15,18-19,28H,16-17H2,1-3H3,(H,27,29). The van der Waals surface area contributed by atoms with E-state index in [-0.39, 0.29) is 17.9 Å². The second-order valence-electron chi connectivity index (χ2n) is 8.34. The Bertz CT molecular complexity index is 1010. The molecule has 30 heavy (non-hydrogen) atoms. The molecule has 1 aliphatic heterocycles. The minimum absolute atomic E-state index is 0.0635. The zero-order valence-corrected chi connectivity index (χ0v) is 18.6. The second kappa shape index (κ2) is 8.29. The van der Waals surface area contributed by atoms with E-state index < -0.39 is 10.0 Å². The molecule has 0 saturated heterocycles. The lowest BCUT2D eigenvalue weighted by atomic mass is 10.0. The largest absolute Gasteiger partial charge is 0.393 e. The van der Waals surface area contributed by atoms with Gasteiger partial charge >= 0.3 is 0 Å². The van der Waals surface area contributed by atoms with Crippen LogP contribution in [0.25, 0.3) is 11.1 Å². The fourth-order valence-electron chi connectivity index (χ4n) is 4.38. The predicted octanol–water partition coefficient (Wildman–Crippen LogP) is 5.72. The molecule has 4 rings (SSSR count). The van der Waals surface area contributed by atoms with Crippen LogP contribution in [0.3, 0.4) is 0 Å². The predicted molar refractivity (Wildman–Crippen MR) is 124 cm³/mol. The average Bonchev–Trinajstić information content (AvgIpc) is 3.02. The molecule has 2 N–H and O–H groups in total. The topological polar surface area (TPSA) is 49.3 Å². The molecule has 0 aromatic heterocycles. The van der Waals surface area contributed by atoms with Crippen molar-refractivity contribution in [1.82, 2.24) is 5.32 Å². The molecule has 0 radical (unpaired) electrons. The monoisotopic (exact) mass is 419 g/mol. The maximum Gasteiger partial charge on any atom is 0.251 e. The third-order valence-corrected chi connectivity index (χ3v) is 9.57. The van der Waals surface area contributed by atoms with Gasteiger partial charge in [-0.3, -0.25) is 4.79 Å². The Labute approximate surface area is 180 Å². The minimum Gasteiger partial charge on any atom is -0.393 e. The second-order valence-corrected chi connectivity index (χ2v) is 11.5. The van der Waals surface area contributed by atoms with E-state index in [1.807, 2.05) is 19.1 Å². The van der Waals surface area contributed by atoms with Crippen molar-refractivity contribution in [2.75, 3.05) is 12.8 Å². The van der Waals surface area contributed by atoms with Crippen LogP contribution >= 0.6 is 10.0 Å². The van der Waals surface area contributed by atoms with Gasteiger partial charge in [-0.05, 0) is 77.9 Å². The number of fused-ring (bicyclic) bond motifs is 3. The summed E-state index contributed by atoms with van der Waals surface area (Å²) in [5.41, 5.74) is 3.31. The lowest BCUT2D eigenvalue weighted by molar-refractivity contribution is 0.0939. The van der Waals surface area contributed by atoms with Crippen LogP contribution in [-0.2, 0) is 0 Å². The number of hydrogen-bond donors (Lipinski definition) is 2. The van der Waals surface area contributed by atoms with E-state index in [1.54, 1.807) is 6.92 Å². The van der Waals surface area contributed by atoms with E-state index in [0.29, 0.717) is 18.5 Å². The van der Waals surface area contributed by atoms with Gasteiger partial charge in [-0.25, -0.2) is 0 Å². The van der Waals surface area contributed by atoms with Crippen molar-refractivity contribution in [2.24, 2.45) is 5.92 Å². The number of carbonyl (C=O) groups is 1. The van der Waals surface area contributed by atoms with Crippen LogP contribution in [0.1, 0.15) is 30.6 Å². The highest BCUT2D eigenvalue weighted by atomic mass is 32.3. The Kier molecular flexibility index (Phi) is 5.72. The van der Waals surface area contributed by atoms with Crippen LogP contribution in [0.2, 0.25) is 0 Å². The highest BCUT2D eigenvalue weighted by molar-refractivity contribution is 8.33. The van der Waals surface area contributed by atoms with E-state index in [4.69, 9.17) is 0 Å². The summed E-state index contributed by atoms with van der Waals surface area (Å²) in [6.45, 7) is 4.38. The van der Waals surface area contributed by atoms with E-state index in [9.17, 15) is 9.90 Å². The molecule has 156 valence electrons. The fraction of sp³-hybridized carbons (Fsp3) is 0.269. The van der Waals surface area contributed by atoms with E-state index >= 15 is 0 Å². The van der Waals surface area contributed by atoms with Gasteiger partial charge in [0.15, 0.2) is 0 Å². The highest BCUT2D eigenvalue weighted by Crippen LogP contribution is 2.73. The average molecular weight is 420 g/mol. The van der Waals surface area contributed by atoms with E-state index in [0.717, 1.165) is 0 Å². The number of hydrogen-bond acceptors (Lipinski definition) is 2. The number of amides is 1. The molecule has 0 saturated carbocycles. The first-order valence-electron chi connectivity index (χ1n) is 10.4. The first-order valence-corrected chi connectivity index (χ1v) is 12.5. The summed E-state index contributed by atoms with van der Waals surface area (Å²) in [6, 6.07) is 25.5. The van der Waals surface area contributed by atoms with Crippen LogP contribution in [0.15, 0.2) is 87.5 Å². The lowest BCUT2D eigenvalue weighted by Gasteiger charge is -2.34. The highest BCUT2D eigenvalue weighted by Gasteiger charge is 2.36. The zero-order chi connectivity index (χ0) is 21.3. The summed E-state index contributed by atoms with van der Waals surface area (Å²) in [6.07, 6.45) is 2.68. The molecule has 0 bridgehead atoms. The quantitative estimate of drug-likeness (QED) is 0.537. The Morgan fingerprint density at radius 1 is 0.900 bits per heavy atom. The van der Waals surface area contributed by atoms with Gasteiger partial charge in [0.05, 0.1) is 6.10 Å². The maximum atomic E-state index is 12.6. The van der Waals surface area contributed by atoms with Gasteiger partial charge in [0.2, 0.25) is 0 Å². The molecular weight excluding hydrogens is 390 g/mol. The molecule has 1 aliphatic rings. The molecule has 0 fully saturated rings. The molecule has 0 spiro atoms. The maximum absolute atomic E-state index is 12.6. The molecule has 2 atom stereocenters. The smallest absolute Gasteiger partial charge is 0.251 e. The first-order chi connectivity index (χ1) is 14.4. The Morgan fingerprint density at radius 2 is 1.43 bits per heavy atom. The van der Waals surface area contributed by atoms with Crippen molar-refractivity contribution in [1.29, 1.82) is 0 Å². The lowest BCUT2D eigenvalue weighted by Crippen LogP contribution is -2.29. The molecule has 0 aliphatic carbocycles. The van der Waals surface area contributed by atoms with Crippen molar-refractivity contribution >= 4 is 15.9 Å². The minimum atomic E-state index is -1.34. The van der Waals surface area contributed by atoms with Crippen LogP contribution in [0.5, 0.6) is 0 Å². The van der Waals surface area contributed by atoms with Gasteiger partial charge in [-0.2, -0.15) is 10.0 Å². The van der Waals surface area contributed by atoms with Crippen LogP contribution in [0, 0.1) is 5.92 Å². The molecule has 1 heterocycles. The molecule has 1 amide bonds. The van der Waals surface area contributed by atoms with Gasteiger partial charge in [-0.1, -0.05) is 43.3 Å². The molecule has 3 aromatic carbocycles. The van der Waals surface area contributed by atoms with Gasteiger partial charge in [-0.15, -0.1) is 0 Å². The van der Waals surface area contributed by atoms with Gasteiger partial charge in [0.1, 0.15) is 0 Å². The zero-order valence-electron chi connectivity index (χ0n) is 17.8. The van der Waals surface area contributed by atoms with E-state index in [2.05, 4.69) is 72.2 Å². The Morgan fingerprint density at radius 3 is 1.97 bits per heavy atom. The normalized spacial score (nSPS) is 16.8. The van der Waals surface area contributed by atoms with Gasteiger partial charge in [0.25, 0.3) is 5.91 Å². The summed E-state index contributed by atoms with van der Waals surface area (Å²) in [5.74, 6) is 0.175. The van der Waals surface area contributed by atoms with Gasteiger partial charge < -0.3 is 10.4 Å². The number of nitrogens with one attached hydrogen (secondary N) is 1. The summed E-state index contributed by atoms with van der Waals surface area (Å²) >= 11 is 0. The molecule has 3 aromatic rings. The third kappa shape index (κ3) is 3.66. The Balaban J connectivity index is 1.59. The summed E-state index contributed by atoms with van der Waals surface area (Å²) < 4.78 is 0. The van der Waals surface area contributed by atoms with Crippen molar-refractivity contribution in [3.63, 3.8) is 0 Å². The van der Waals surface area contributed by atoms with Crippen LogP contribution in [0.4, 0.5) is 0 Å². The molecule has 3 nitrogen and oxygen atoms in total. The number of benzene rings is 3. The van der Waals surface area contributed by atoms with Crippen molar-refractivity contribution < 1.29 is 9.90 Å². The fourth-order valence-corrected chi connectivity index (χ4v) is 7.74. The Hall–Kier alpha value is -2.56. The summed E-state index contributed by atoms with van der Waals surface area (Å²) in [5, 5.41) is 12.5. The van der Waals surface area contributed by atoms with Crippen molar-refractivity contribution in [3.05, 3.63) is 78.4 Å². The van der Waals surface area contributed by atoms with Crippen LogP contribution in [-0.4, -0.2) is 29.9 Å². The number of carbonyl (C=O) groups excluding carboxylic acids is 1. The third-order valence-electron chi connectivity index (χ3n) is 5.89. The molecule has 4 heteroatoms. The van der Waals surface area contributed by atoms with Crippen molar-refractivity contribution in [3.8, 4) is 11.1 Å². The summed E-state index contributed by atoms with van der Waals surface area (Å²) in [7, 11) is -1.34. The van der Waals surface area contributed by atoms with Gasteiger partial charge in [0, 0.05) is 21.9 Å². The number of aliphatic hydroxyl groups is 1. The number of rotatable bonds is 6.